The van der Waals surface area contributed by atoms with Gasteiger partial charge in [-0.1, -0.05) is 49.1 Å². The number of urea groups is 1. The molecule has 3 aromatic rings. The number of ether oxygens (including phenoxy) is 2. The van der Waals surface area contributed by atoms with E-state index in [0.29, 0.717) is 34.1 Å². The summed E-state index contributed by atoms with van der Waals surface area (Å²) >= 11 is 6.39. The molecule has 2 amide bonds. The molecule has 1 aliphatic carbocycles. The Bertz CT molecular complexity index is 1220. The summed E-state index contributed by atoms with van der Waals surface area (Å²) in [6.45, 7) is 0.436. The number of aromatic nitrogens is 1. The van der Waals surface area contributed by atoms with Crippen LogP contribution in [0, 0.1) is 0 Å². The maximum absolute atomic E-state index is 13.3. The zero-order valence-electron chi connectivity index (χ0n) is 19.5. The topological polar surface area (TPSA) is 83.7 Å². The summed E-state index contributed by atoms with van der Waals surface area (Å²) < 4.78 is 10.7. The summed E-state index contributed by atoms with van der Waals surface area (Å²) in [5, 5.41) is 4.54. The van der Waals surface area contributed by atoms with E-state index in [9.17, 15) is 9.59 Å². The van der Waals surface area contributed by atoms with Gasteiger partial charge < -0.3 is 24.7 Å². The summed E-state index contributed by atoms with van der Waals surface area (Å²) in [5.41, 5.74) is 1.68. The molecule has 2 N–H and O–H groups in total. The van der Waals surface area contributed by atoms with Gasteiger partial charge in [-0.25, -0.2) is 4.79 Å². The average Bonchev–Trinajstić information content (AvgIpc) is 2.85. The van der Waals surface area contributed by atoms with Crippen molar-refractivity contribution in [3.63, 3.8) is 0 Å². The molecular weight excluding hydrogens is 454 g/mol. The van der Waals surface area contributed by atoms with Crippen molar-refractivity contribution in [2.75, 3.05) is 14.2 Å². The standard InChI is InChI=1S/C26H30ClN3O4/c1-33-23-13-18-12-19(25(31)29-22(18)14-24(23)34-2)16-30(15-17-8-6-7-11-21(17)27)26(32)28-20-9-4-3-5-10-20/h6-8,11-14,20H,3-5,9-10,15-16H2,1-2H3,(H,28,32)(H,29,31). The van der Waals surface area contributed by atoms with Gasteiger partial charge in [-0.3, -0.25) is 4.79 Å². The third-order valence-electron chi connectivity index (χ3n) is 6.33. The number of aromatic amines is 1. The number of benzene rings is 2. The Kier molecular flexibility index (Phi) is 7.63. The second kappa shape index (κ2) is 10.8. The predicted octanol–water partition coefficient (Wildman–Crippen LogP) is 5.24. The van der Waals surface area contributed by atoms with Crippen molar-refractivity contribution < 1.29 is 14.3 Å². The number of carbonyl (C=O) groups is 1. The van der Waals surface area contributed by atoms with Gasteiger partial charge in [0.25, 0.3) is 5.56 Å². The van der Waals surface area contributed by atoms with Crippen LogP contribution >= 0.6 is 11.6 Å². The number of pyridine rings is 1. The summed E-state index contributed by atoms with van der Waals surface area (Å²) in [4.78, 5) is 30.8. The molecule has 2 aromatic carbocycles. The Morgan fingerprint density at radius 2 is 1.71 bits per heavy atom. The average molecular weight is 484 g/mol. The van der Waals surface area contributed by atoms with Crippen LogP contribution in [-0.2, 0) is 13.1 Å². The monoisotopic (exact) mass is 483 g/mol. The number of fused-ring (bicyclic) bond motifs is 1. The van der Waals surface area contributed by atoms with Crippen molar-refractivity contribution in [3.05, 3.63) is 69.0 Å². The van der Waals surface area contributed by atoms with E-state index in [1.54, 1.807) is 37.3 Å². The fraction of sp³-hybridized carbons (Fsp3) is 0.385. The molecule has 0 radical (unpaired) electrons. The molecule has 0 saturated heterocycles. The molecule has 1 aromatic heterocycles. The minimum atomic E-state index is -0.255. The normalized spacial score (nSPS) is 14.1. The largest absolute Gasteiger partial charge is 0.493 e. The number of rotatable bonds is 7. The number of hydrogen-bond acceptors (Lipinski definition) is 4. The van der Waals surface area contributed by atoms with E-state index in [1.165, 1.54) is 6.42 Å². The number of H-pyrrole nitrogens is 1. The molecular formula is C26H30ClN3O4. The van der Waals surface area contributed by atoms with Gasteiger partial charge in [0.1, 0.15) is 0 Å². The zero-order chi connectivity index (χ0) is 24.1. The highest BCUT2D eigenvalue weighted by Crippen LogP contribution is 2.31. The van der Waals surface area contributed by atoms with Gasteiger partial charge in [-0.2, -0.15) is 0 Å². The van der Waals surface area contributed by atoms with Gasteiger partial charge >= 0.3 is 6.03 Å². The molecule has 1 saturated carbocycles. The Labute approximate surface area is 204 Å². The Balaban J connectivity index is 1.65. The molecule has 1 heterocycles. The molecule has 7 nitrogen and oxygen atoms in total. The Morgan fingerprint density at radius 3 is 2.41 bits per heavy atom. The zero-order valence-corrected chi connectivity index (χ0v) is 20.3. The molecule has 180 valence electrons. The van der Waals surface area contributed by atoms with Gasteiger partial charge in [0.05, 0.1) is 26.3 Å². The Hall–Kier alpha value is -3.19. The number of methoxy groups -OCH3 is 2. The van der Waals surface area contributed by atoms with E-state index in [0.717, 1.165) is 36.6 Å². The van der Waals surface area contributed by atoms with Gasteiger partial charge in [0.15, 0.2) is 11.5 Å². The van der Waals surface area contributed by atoms with Gasteiger partial charge in [-0.05, 0) is 36.6 Å². The first kappa shape index (κ1) is 24.0. The van der Waals surface area contributed by atoms with E-state index in [-0.39, 0.29) is 24.2 Å². The lowest BCUT2D eigenvalue weighted by atomic mass is 9.96. The quantitative estimate of drug-likeness (QED) is 0.481. The first-order chi connectivity index (χ1) is 16.5. The molecule has 0 spiro atoms. The van der Waals surface area contributed by atoms with Crippen LogP contribution in [0.15, 0.2) is 47.3 Å². The highest BCUT2D eigenvalue weighted by atomic mass is 35.5. The van der Waals surface area contributed by atoms with Gasteiger partial charge in [0, 0.05) is 34.6 Å². The van der Waals surface area contributed by atoms with Crippen LogP contribution in [0.4, 0.5) is 4.79 Å². The minimum absolute atomic E-state index is 0.142. The molecule has 1 aliphatic rings. The molecule has 0 unspecified atom stereocenters. The van der Waals surface area contributed by atoms with Crippen molar-refractivity contribution in [2.24, 2.45) is 0 Å². The highest BCUT2D eigenvalue weighted by Gasteiger charge is 2.22. The maximum Gasteiger partial charge on any atom is 0.318 e. The van der Waals surface area contributed by atoms with E-state index >= 15 is 0 Å². The molecule has 0 aliphatic heterocycles. The van der Waals surface area contributed by atoms with Crippen molar-refractivity contribution in [3.8, 4) is 11.5 Å². The van der Waals surface area contributed by atoms with E-state index < -0.39 is 0 Å². The molecule has 0 atom stereocenters. The fourth-order valence-corrected chi connectivity index (χ4v) is 4.64. The number of nitrogens with one attached hydrogen (secondary N) is 2. The third-order valence-corrected chi connectivity index (χ3v) is 6.69. The smallest absolute Gasteiger partial charge is 0.318 e. The molecule has 34 heavy (non-hydrogen) atoms. The number of amides is 2. The van der Waals surface area contributed by atoms with E-state index in [2.05, 4.69) is 10.3 Å². The van der Waals surface area contributed by atoms with E-state index in [1.807, 2.05) is 24.3 Å². The van der Waals surface area contributed by atoms with Crippen LogP contribution in [0.1, 0.15) is 43.2 Å². The number of carbonyl (C=O) groups excluding carboxylic acids is 1. The van der Waals surface area contributed by atoms with Crippen molar-refractivity contribution in [2.45, 2.75) is 51.2 Å². The predicted molar refractivity (Wildman–Crippen MR) is 134 cm³/mol. The van der Waals surface area contributed by atoms with Crippen LogP contribution < -0.4 is 20.3 Å². The maximum atomic E-state index is 13.3. The summed E-state index contributed by atoms with van der Waals surface area (Å²) in [7, 11) is 3.12. The van der Waals surface area contributed by atoms with Crippen LogP contribution in [0.3, 0.4) is 0 Å². The molecule has 1 fully saturated rings. The number of hydrogen-bond donors (Lipinski definition) is 2. The molecule has 4 rings (SSSR count). The lowest BCUT2D eigenvalue weighted by Gasteiger charge is -2.28. The lowest BCUT2D eigenvalue weighted by Crippen LogP contribution is -2.45. The highest BCUT2D eigenvalue weighted by molar-refractivity contribution is 6.31. The fourth-order valence-electron chi connectivity index (χ4n) is 4.45. The van der Waals surface area contributed by atoms with Crippen molar-refractivity contribution in [1.29, 1.82) is 0 Å². The first-order valence-electron chi connectivity index (χ1n) is 11.5. The second-order valence-corrected chi connectivity index (χ2v) is 9.06. The summed E-state index contributed by atoms with van der Waals surface area (Å²) in [6.07, 6.45) is 5.39. The minimum Gasteiger partial charge on any atom is -0.493 e. The SMILES string of the molecule is COc1cc2cc(CN(Cc3ccccc3Cl)C(=O)NC3CCCCC3)c(=O)[nH]c2cc1OC. The van der Waals surface area contributed by atoms with Crippen LogP contribution in [-0.4, -0.2) is 36.2 Å². The third kappa shape index (κ3) is 5.47. The summed E-state index contributed by atoms with van der Waals surface area (Å²) in [6, 6.07) is 12.7. The second-order valence-electron chi connectivity index (χ2n) is 8.65. The van der Waals surface area contributed by atoms with Gasteiger partial charge in [0.2, 0.25) is 0 Å². The molecule has 8 heteroatoms. The lowest BCUT2D eigenvalue weighted by molar-refractivity contribution is 0.184. The molecule has 0 bridgehead atoms. The van der Waals surface area contributed by atoms with Crippen LogP contribution in [0.2, 0.25) is 5.02 Å². The van der Waals surface area contributed by atoms with Crippen molar-refractivity contribution in [1.82, 2.24) is 15.2 Å². The first-order valence-corrected chi connectivity index (χ1v) is 11.9. The van der Waals surface area contributed by atoms with Crippen LogP contribution in [0.25, 0.3) is 10.9 Å². The van der Waals surface area contributed by atoms with Gasteiger partial charge in [-0.15, -0.1) is 0 Å². The number of halogens is 1. The van der Waals surface area contributed by atoms with E-state index in [4.69, 9.17) is 21.1 Å². The van der Waals surface area contributed by atoms with Crippen LogP contribution in [0.5, 0.6) is 11.5 Å². The van der Waals surface area contributed by atoms with Crippen molar-refractivity contribution >= 4 is 28.5 Å². The summed E-state index contributed by atoms with van der Waals surface area (Å²) in [5.74, 6) is 1.10. The number of nitrogens with zero attached hydrogens (tertiary/aromatic N) is 1. The Morgan fingerprint density at radius 1 is 1.03 bits per heavy atom.